The van der Waals surface area contributed by atoms with Crippen molar-refractivity contribution in [3.8, 4) is 17.1 Å². The molecule has 4 heterocycles. The van der Waals surface area contributed by atoms with E-state index < -0.39 is 0 Å². The van der Waals surface area contributed by atoms with Crippen molar-refractivity contribution in [2.75, 3.05) is 7.11 Å². The largest absolute Gasteiger partial charge is 0.497 e. The molecule has 0 aliphatic carbocycles. The summed E-state index contributed by atoms with van der Waals surface area (Å²) in [6.45, 7) is -0.0879. The standard InChI is InChI=1S/C21H18N6O3S/c1-29-15-6-2-5-14(11-15)21-22-25-26(24-21)13-20(28)27-17(18-7-3-9-30-18)12-16(23-27)19-8-4-10-31-19/h2-11,17H,12-13H2,1H3. The van der Waals surface area contributed by atoms with Gasteiger partial charge in [0.2, 0.25) is 5.82 Å². The van der Waals surface area contributed by atoms with Gasteiger partial charge in [-0.2, -0.15) is 9.90 Å². The van der Waals surface area contributed by atoms with Crippen molar-refractivity contribution in [2.24, 2.45) is 5.10 Å². The third kappa shape index (κ3) is 3.84. The zero-order valence-corrected chi connectivity index (χ0v) is 17.4. The number of amides is 1. The van der Waals surface area contributed by atoms with Crippen LogP contribution in [0, 0.1) is 0 Å². The summed E-state index contributed by atoms with van der Waals surface area (Å²) in [7, 11) is 1.60. The lowest BCUT2D eigenvalue weighted by molar-refractivity contribution is -0.134. The third-order valence-corrected chi connectivity index (χ3v) is 5.82. The van der Waals surface area contributed by atoms with Crippen LogP contribution >= 0.6 is 11.3 Å². The Hall–Kier alpha value is -3.79. The zero-order chi connectivity index (χ0) is 21.2. The van der Waals surface area contributed by atoms with Crippen molar-refractivity contribution in [1.82, 2.24) is 25.2 Å². The molecule has 0 radical (unpaired) electrons. The Bertz CT molecular complexity index is 1220. The Morgan fingerprint density at radius 2 is 2.19 bits per heavy atom. The molecule has 9 nitrogen and oxygen atoms in total. The van der Waals surface area contributed by atoms with E-state index in [0.29, 0.717) is 23.8 Å². The SMILES string of the molecule is COc1cccc(-c2nnn(CC(=O)N3N=C(c4cccs4)CC3c3ccco3)n2)c1. The van der Waals surface area contributed by atoms with Gasteiger partial charge in [-0.3, -0.25) is 4.79 Å². The Labute approximate surface area is 181 Å². The maximum Gasteiger partial charge on any atom is 0.267 e. The Morgan fingerprint density at radius 1 is 1.26 bits per heavy atom. The van der Waals surface area contributed by atoms with E-state index in [0.717, 1.165) is 16.2 Å². The van der Waals surface area contributed by atoms with Crippen molar-refractivity contribution in [1.29, 1.82) is 0 Å². The summed E-state index contributed by atoms with van der Waals surface area (Å²) in [4.78, 5) is 15.4. The molecule has 10 heteroatoms. The van der Waals surface area contributed by atoms with Crippen molar-refractivity contribution in [3.05, 3.63) is 70.8 Å². The number of tetrazole rings is 1. The maximum absolute atomic E-state index is 13.1. The second-order valence-corrected chi connectivity index (χ2v) is 7.82. The molecule has 156 valence electrons. The van der Waals surface area contributed by atoms with Gasteiger partial charge in [0.25, 0.3) is 5.91 Å². The van der Waals surface area contributed by atoms with Crippen LogP contribution in [0.25, 0.3) is 11.4 Å². The summed E-state index contributed by atoms with van der Waals surface area (Å²) >= 11 is 1.59. The number of furan rings is 1. The molecule has 5 rings (SSSR count). The predicted octanol–water partition coefficient (Wildman–Crippen LogP) is 3.38. The first kappa shape index (κ1) is 19.2. The first-order valence-electron chi connectivity index (χ1n) is 9.60. The minimum Gasteiger partial charge on any atom is -0.497 e. The molecule has 1 unspecified atom stereocenters. The number of hydrogen-bond donors (Lipinski definition) is 0. The van der Waals surface area contributed by atoms with E-state index in [-0.39, 0.29) is 18.5 Å². The number of benzene rings is 1. The minimum atomic E-state index is -0.305. The minimum absolute atomic E-state index is 0.0879. The molecule has 31 heavy (non-hydrogen) atoms. The number of hydrazone groups is 1. The van der Waals surface area contributed by atoms with Crippen LogP contribution in [-0.2, 0) is 11.3 Å². The number of carbonyl (C=O) groups is 1. The molecular weight excluding hydrogens is 416 g/mol. The summed E-state index contributed by atoms with van der Waals surface area (Å²) in [6, 6.07) is 14.7. The van der Waals surface area contributed by atoms with Crippen molar-refractivity contribution < 1.29 is 13.9 Å². The molecule has 1 aliphatic rings. The van der Waals surface area contributed by atoms with Gasteiger partial charge in [0.1, 0.15) is 24.1 Å². The average molecular weight is 434 g/mol. The molecule has 0 bridgehead atoms. The van der Waals surface area contributed by atoms with Gasteiger partial charge in [-0.15, -0.1) is 21.5 Å². The quantitative estimate of drug-likeness (QED) is 0.461. The van der Waals surface area contributed by atoms with Crippen LogP contribution < -0.4 is 4.74 Å². The monoisotopic (exact) mass is 434 g/mol. The third-order valence-electron chi connectivity index (χ3n) is 4.90. The molecule has 1 aromatic carbocycles. The van der Waals surface area contributed by atoms with E-state index in [1.807, 2.05) is 47.8 Å². The lowest BCUT2D eigenvalue weighted by Crippen LogP contribution is -2.31. The van der Waals surface area contributed by atoms with E-state index >= 15 is 0 Å². The van der Waals surface area contributed by atoms with Gasteiger partial charge in [0, 0.05) is 12.0 Å². The van der Waals surface area contributed by atoms with Crippen LogP contribution in [-0.4, -0.2) is 43.9 Å². The van der Waals surface area contributed by atoms with Gasteiger partial charge in [0.05, 0.1) is 24.0 Å². The second-order valence-electron chi connectivity index (χ2n) is 6.87. The van der Waals surface area contributed by atoms with E-state index in [4.69, 9.17) is 9.15 Å². The fraction of sp³-hybridized carbons (Fsp3) is 0.190. The highest BCUT2D eigenvalue weighted by Crippen LogP contribution is 2.34. The molecule has 0 fully saturated rings. The van der Waals surface area contributed by atoms with Gasteiger partial charge in [-0.05, 0) is 40.9 Å². The Balaban J connectivity index is 1.37. The van der Waals surface area contributed by atoms with Gasteiger partial charge in [-0.25, -0.2) is 5.01 Å². The lowest BCUT2D eigenvalue weighted by atomic mass is 10.1. The summed E-state index contributed by atoms with van der Waals surface area (Å²) in [5.74, 6) is 1.55. The highest BCUT2D eigenvalue weighted by Gasteiger charge is 2.35. The van der Waals surface area contributed by atoms with E-state index in [9.17, 15) is 4.79 Å². The molecule has 0 saturated heterocycles. The van der Waals surface area contributed by atoms with Crippen LogP contribution in [0.4, 0.5) is 0 Å². The number of aromatic nitrogens is 4. The first-order valence-corrected chi connectivity index (χ1v) is 10.5. The van der Waals surface area contributed by atoms with Crippen molar-refractivity contribution >= 4 is 23.0 Å². The van der Waals surface area contributed by atoms with Crippen molar-refractivity contribution in [3.63, 3.8) is 0 Å². The highest BCUT2D eigenvalue weighted by atomic mass is 32.1. The van der Waals surface area contributed by atoms with Crippen molar-refractivity contribution in [2.45, 2.75) is 19.0 Å². The lowest BCUT2D eigenvalue weighted by Gasteiger charge is -2.19. The molecule has 4 aromatic rings. The molecular formula is C21H18N6O3S. The fourth-order valence-electron chi connectivity index (χ4n) is 3.42. The molecule has 0 saturated carbocycles. The number of carbonyl (C=O) groups excluding carboxylic acids is 1. The predicted molar refractivity (Wildman–Crippen MR) is 114 cm³/mol. The number of ether oxygens (including phenoxy) is 1. The van der Waals surface area contributed by atoms with Gasteiger partial charge in [0.15, 0.2) is 0 Å². The number of thiophene rings is 1. The van der Waals surface area contributed by atoms with Gasteiger partial charge in [-0.1, -0.05) is 18.2 Å². The fourth-order valence-corrected chi connectivity index (χ4v) is 4.14. The van der Waals surface area contributed by atoms with Crippen LogP contribution in [0.1, 0.15) is 23.1 Å². The number of nitrogens with zero attached hydrogens (tertiary/aromatic N) is 6. The zero-order valence-electron chi connectivity index (χ0n) is 16.6. The average Bonchev–Trinajstić information content (AvgIpc) is 3.59. The maximum atomic E-state index is 13.1. The Morgan fingerprint density at radius 3 is 2.97 bits per heavy atom. The van der Waals surface area contributed by atoms with Gasteiger partial charge >= 0.3 is 0 Å². The summed E-state index contributed by atoms with van der Waals surface area (Å²) < 4.78 is 10.8. The van der Waals surface area contributed by atoms with Crippen LogP contribution in [0.3, 0.4) is 0 Å². The summed E-state index contributed by atoms with van der Waals surface area (Å²) in [5, 5.41) is 20.5. The second kappa shape index (κ2) is 8.15. The molecule has 1 amide bonds. The summed E-state index contributed by atoms with van der Waals surface area (Å²) in [5.41, 5.74) is 1.61. The van der Waals surface area contributed by atoms with Crippen LogP contribution in [0.2, 0.25) is 0 Å². The number of hydrogen-bond acceptors (Lipinski definition) is 8. The highest BCUT2D eigenvalue weighted by molar-refractivity contribution is 7.12. The Kier molecular flexibility index (Phi) is 5.04. The first-order chi connectivity index (χ1) is 15.2. The molecule has 0 N–H and O–H groups in total. The number of methoxy groups -OCH3 is 1. The van der Waals surface area contributed by atoms with Crippen LogP contribution in [0.5, 0.6) is 5.75 Å². The van der Waals surface area contributed by atoms with Gasteiger partial charge < -0.3 is 9.15 Å². The molecule has 0 spiro atoms. The normalized spacial score (nSPS) is 15.8. The summed E-state index contributed by atoms with van der Waals surface area (Å²) in [6.07, 6.45) is 2.18. The molecule has 1 atom stereocenters. The topological polar surface area (TPSA) is 98.6 Å². The van der Waals surface area contributed by atoms with E-state index in [1.54, 1.807) is 30.8 Å². The van der Waals surface area contributed by atoms with E-state index in [1.165, 1.54) is 9.81 Å². The number of rotatable bonds is 6. The van der Waals surface area contributed by atoms with E-state index in [2.05, 4.69) is 20.5 Å². The smallest absolute Gasteiger partial charge is 0.267 e. The van der Waals surface area contributed by atoms with Crippen LogP contribution in [0.15, 0.2) is 69.7 Å². The molecule has 3 aromatic heterocycles. The molecule has 1 aliphatic heterocycles.